The molecule has 0 saturated heterocycles. The van der Waals surface area contributed by atoms with Crippen LogP contribution in [0.2, 0.25) is 0 Å². The average Bonchev–Trinajstić information content (AvgIpc) is 3.03. The first kappa shape index (κ1) is 12.2. The number of hydrogen-bond acceptors (Lipinski definition) is 6. The van der Waals surface area contributed by atoms with Crippen LogP contribution >= 0.6 is 0 Å². The molecule has 0 unspecified atom stereocenters. The number of carbonyl (C=O) groups is 1. The van der Waals surface area contributed by atoms with Crippen LogP contribution in [0.4, 0.5) is 0 Å². The van der Waals surface area contributed by atoms with Gasteiger partial charge in [-0.1, -0.05) is 6.07 Å². The summed E-state index contributed by atoms with van der Waals surface area (Å²) in [5.74, 6) is 0.328. The van der Waals surface area contributed by atoms with Crippen molar-refractivity contribution in [1.82, 2.24) is 10.2 Å². The van der Waals surface area contributed by atoms with Gasteiger partial charge in [-0.15, -0.1) is 10.2 Å². The van der Waals surface area contributed by atoms with Crippen LogP contribution < -0.4 is 9.47 Å². The Balaban J connectivity index is 2.01. The van der Waals surface area contributed by atoms with Crippen LogP contribution in [0.25, 0.3) is 11.6 Å². The molecule has 3 rings (SSSR count). The lowest BCUT2D eigenvalue weighted by Crippen LogP contribution is -2.00. The molecule has 102 valence electrons. The Labute approximate surface area is 113 Å². The van der Waals surface area contributed by atoms with E-state index in [1.807, 2.05) is 0 Å². The van der Waals surface area contributed by atoms with Crippen LogP contribution in [-0.4, -0.2) is 28.1 Å². The van der Waals surface area contributed by atoms with Crippen molar-refractivity contribution in [2.24, 2.45) is 0 Å². The van der Waals surface area contributed by atoms with E-state index in [-0.39, 0.29) is 18.3 Å². The number of ether oxygens (including phenoxy) is 2. The molecule has 0 aliphatic carbocycles. The minimum absolute atomic E-state index is 0.0346. The van der Waals surface area contributed by atoms with E-state index in [9.17, 15) is 9.90 Å². The third kappa shape index (κ3) is 2.20. The Hall–Kier alpha value is -2.83. The number of aromatic nitrogens is 2. The third-order valence-corrected chi connectivity index (χ3v) is 2.69. The Bertz CT molecular complexity index is 705. The second-order valence-corrected chi connectivity index (χ2v) is 4.10. The Morgan fingerprint density at radius 1 is 1.30 bits per heavy atom. The van der Waals surface area contributed by atoms with Crippen molar-refractivity contribution in [3.8, 4) is 11.5 Å². The summed E-state index contributed by atoms with van der Waals surface area (Å²) < 4.78 is 15.6. The molecule has 7 heteroatoms. The molecule has 2 heterocycles. The zero-order valence-corrected chi connectivity index (χ0v) is 10.5. The van der Waals surface area contributed by atoms with Crippen LogP contribution in [0.5, 0.6) is 11.5 Å². The van der Waals surface area contributed by atoms with Crippen molar-refractivity contribution in [2.45, 2.75) is 6.92 Å². The van der Waals surface area contributed by atoms with Gasteiger partial charge in [0, 0.05) is 6.92 Å². The molecular weight excluding hydrogens is 264 g/mol. The average molecular weight is 274 g/mol. The number of carboxylic acids is 1. The van der Waals surface area contributed by atoms with Crippen LogP contribution in [0.15, 0.2) is 22.6 Å². The van der Waals surface area contributed by atoms with E-state index in [0.717, 1.165) is 0 Å². The highest BCUT2D eigenvalue weighted by atomic mass is 16.7. The summed E-state index contributed by atoms with van der Waals surface area (Å²) in [6, 6.07) is 5.13. The van der Waals surface area contributed by atoms with Crippen molar-refractivity contribution in [1.29, 1.82) is 0 Å². The molecule has 0 spiro atoms. The van der Waals surface area contributed by atoms with Gasteiger partial charge in [-0.2, -0.15) is 0 Å². The molecular formula is C13H10N2O5. The summed E-state index contributed by atoms with van der Waals surface area (Å²) in [5, 5.41) is 16.6. The van der Waals surface area contributed by atoms with Gasteiger partial charge < -0.3 is 19.0 Å². The molecule has 0 fully saturated rings. The Kier molecular flexibility index (Phi) is 2.86. The predicted octanol–water partition coefficient (Wildman–Crippen LogP) is 1.73. The van der Waals surface area contributed by atoms with E-state index in [0.29, 0.717) is 23.0 Å². The quantitative estimate of drug-likeness (QED) is 0.851. The smallest absolute Gasteiger partial charge is 0.341 e. The van der Waals surface area contributed by atoms with Crippen molar-refractivity contribution in [2.75, 3.05) is 6.79 Å². The second kappa shape index (κ2) is 4.69. The van der Waals surface area contributed by atoms with E-state index in [1.165, 1.54) is 6.08 Å². The Morgan fingerprint density at radius 3 is 2.80 bits per heavy atom. The monoisotopic (exact) mass is 274 g/mol. The number of aryl methyl sites for hydroxylation is 1. The van der Waals surface area contributed by atoms with Gasteiger partial charge in [0.25, 0.3) is 5.89 Å². The molecule has 0 amide bonds. The SMILES string of the molecule is Cc1nnc(/C(=C/c2ccc3c(c2)OCO3)C(=O)O)o1. The maximum atomic E-state index is 11.3. The first-order valence-electron chi connectivity index (χ1n) is 5.78. The minimum atomic E-state index is -1.15. The van der Waals surface area contributed by atoms with E-state index in [2.05, 4.69) is 10.2 Å². The third-order valence-electron chi connectivity index (χ3n) is 2.69. The van der Waals surface area contributed by atoms with Gasteiger partial charge in [0.05, 0.1) is 0 Å². The lowest BCUT2D eigenvalue weighted by Gasteiger charge is -2.00. The second-order valence-electron chi connectivity index (χ2n) is 4.10. The first-order valence-corrected chi connectivity index (χ1v) is 5.78. The molecule has 2 aromatic rings. The zero-order valence-electron chi connectivity index (χ0n) is 10.5. The number of carboxylic acid groups (broad SMARTS) is 1. The van der Waals surface area contributed by atoms with E-state index < -0.39 is 5.97 Å². The Morgan fingerprint density at radius 2 is 2.10 bits per heavy atom. The number of nitrogens with zero attached hydrogens (tertiary/aromatic N) is 2. The fourth-order valence-corrected chi connectivity index (χ4v) is 1.79. The lowest BCUT2D eigenvalue weighted by atomic mass is 10.1. The molecule has 1 aromatic carbocycles. The molecule has 0 radical (unpaired) electrons. The fraction of sp³-hybridized carbons (Fsp3) is 0.154. The number of fused-ring (bicyclic) bond motifs is 1. The number of benzene rings is 1. The maximum absolute atomic E-state index is 11.3. The molecule has 1 aliphatic heterocycles. The molecule has 1 aliphatic rings. The summed E-state index contributed by atoms with van der Waals surface area (Å²) >= 11 is 0. The van der Waals surface area contributed by atoms with Crippen LogP contribution in [-0.2, 0) is 4.79 Å². The highest BCUT2D eigenvalue weighted by Gasteiger charge is 2.18. The van der Waals surface area contributed by atoms with Crippen LogP contribution in [0, 0.1) is 6.92 Å². The van der Waals surface area contributed by atoms with E-state index in [4.69, 9.17) is 13.9 Å². The van der Waals surface area contributed by atoms with Gasteiger partial charge in [0.2, 0.25) is 12.7 Å². The van der Waals surface area contributed by atoms with Crippen molar-refractivity contribution < 1.29 is 23.8 Å². The van der Waals surface area contributed by atoms with Crippen molar-refractivity contribution in [3.63, 3.8) is 0 Å². The standard InChI is InChI=1S/C13H10N2O5/c1-7-14-15-12(20-7)9(13(16)17)4-8-2-3-10-11(5-8)19-6-18-10/h2-5H,6H2,1H3,(H,16,17)/b9-4-. The molecule has 1 aromatic heterocycles. The van der Waals surface area contributed by atoms with Crippen molar-refractivity contribution in [3.05, 3.63) is 35.5 Å². The number of rotatable bonds is 3. The highest BCUT2D eigenvalue weighted by Crippen LogP contribution is 2.33. The van der Waals surface area contributed by atoms with Gasteiger partial charge in [0.1, 0.15) is 5.57 Å². The largest absolute Gasteiger partial charge is 0.477 e. The summed E-state index contributed by atoms with van der Waals surface area (Å²) in [5.41, 5.74) is 0.562. The number of hydrogen-bond donors (Lipinski definition) is 1. The lowest BCUT2D eigenvalue weighted by molar-refractivity contribution is -0.130. The normalized spacial score (nSPS) is 13.6. The molecule has 20 heavy (non-hydrogen) atoms. The molecule has 0 saturated carbocycles. The molecule has 0 bridgehead atoms. The van der Waals surface area contributed by atoms with Gasteiger partial charge >= 0.3 is 5.97 Å². The summed E-state index contributed by atoms with van der Waals surface area (Å²) in [7, 11) is 0. The van der Waals surface area contributed by atoms with Gasteiger partial charge in [-0.05, 0) is 23.8 Å². The predicted molar refractivity (Wildman–Crippen MR) is 67.1 cm³/mol. The van der Waals surface area contributed by atoms with Crippen molar-refractivity contribution >= 4 is 17.6 Å². The fourth-order valence-electron chi connectivity index (χ4n) is 1.79. The van der Waals surface area contributed by atoms with Gasteiger partial charge in [0.15, 0.2) is 11.5 Å². The van der Waals surface area contributed by atoms with Gasteiger partial charge in [-0.25, -0.2) is 4.79 Å². The van der Waals surface area contributed by atoms with Crippen LogP contribution in [0.1, 0.15) is 17.3 Å². The minimum Gasteiger partial charge on any atom is -0.477 e. The van der Waals surface area contributed by atoms with E-state index >= 15 is 0 Å². The zero-order chi connectivity index (χ0) is 14.1. The number of aliphatic carboxylic acids is 1. The van der Waals surface area contributed by atoms with Gasteiger partial charge in [-0.3, -0.25) is 0 Å². The molecule has 1 N–H and O–H groups in total. The molecule has 7 nitrogen and oxygen atoms in total. The maximum Gasteiger partial charge on any atom is 0.341 e. The topological polar surface area (TPSA) is 94.7 Å². The molecule has 0 atom stereocenters. The summed E-state index contributed by atoms with van der Waals surface area (Å²) in [6.07, 6.45) is 1.44. The van der Waals surface area contributed by atoms with E-state index in [1.54, 1.807) is 25.1 Å². The highest BCUT2D eigenvalue weighted by molar-refractivity contribution is 6.19. The van der Waals surface area contributed by atoms with Crippen LogP contribution in [0.3, 0.4) is 0 Å². The first-order chi connectivity index (χ1) is 9.63. The summed E-state index contributed by atoms with van der Waals surface area (Å²) in [4.78, 5) is 11.3. The summed E-state index contributed by atoms with van der Waals surface area (Å²) in [6.45, 7) is 1.76.